The number of amides is 1. The lowest BCUT2D eigenvalue weighted by Gasteiger charge is -2.22. The number of carbonyl (C=O) groups is 1. The van der Waals surface area contributed by atoms with Gasteiger partial charge in [0.05, 0.1) is 17.7 Å². The Bertz CT molecular complexity index is 1340. The summed E-state index contributed by atoms with van der Waals surface area (Å²) >= 11 is 12.2. The highest BCUT2D eigenvalue weighted by Gasteiger charge is 2.27. The third-order valence-electron chi connectivity index (χ3n) is 4.99. The van der Waals surface area contributed by atoms with E-state index in [4.69, 9.17) is 27.9 Å². The van der Waals surface area contributed by atoms with Crippen LogP contribution in [0.3, 0.4) is 0 Å². The lowest BCUT2D eigenvalue weighted by atomic mass is 10.2. The van der Waals surface area contributed by atoms with E-state index >= 15 is 0 Å². The number of nitrogens with zero attached hydrogens (tertiary/aromatic N) is 2. The fraction of sp³-hybridized carbons (Fsp3) is 0.154. The second-order valence-corrected chi connectivity index (χ2v) is 10.6. The summed E-state index contributed by atoms with van der Waals surface area (Å²) in [5.74, 6) is 0.0619. The van der Waals surface area contributed by atoms with E-state index in [1.807, 2.05) is 6.92 Å². The molecule has 36 heavy (non-hydrogen) atoms. The second kappa shape index (κ2) is 12.7. The molecule has 0 atom stereocenters. The van der Waals surface area contributed by atoms with Crippen LogP contribution in [-0.2, 0) is 21.4 Å². The van der Waals surface area contributed by atoms with E-state index in [-0.39, 0.29) is 11.4 Å². The molecule has 0 radical (unpaired) electrons. The van der Waals surface area contributed by atoms with Crippen molar-refractivity contribution < 1.29 is 17.9 Å². The molecule has 0 aliphatic carbocycles. The van der Waals surface area contributed by atoms with Crippen LogP contribution in [0.5, 0.6) is 5.75 Å². The molecule has 1 N–H and O–H groups in total. The van der Waals surface area contributed by atoms with Gasteiger partial charge in [-0.05, 0) is 66.6 Å². The molecular formula is C26H25Cl2N3O4S. The van der Waals surface area contributed by atoms with Gasteiger partial charge in [-0.1, -0.05) is 59.6 Å². The summed E-state index contributed by atoms with van der Waals surface area (Å²) in [5, 5.41) is 4.66. The molecule has 0 heterocycles. The number of sulfonamides is 1. The number of hydrazone groups is 1. The molecule has 3 aromatic rings. The summed E-state index contributed by atoms with van der Waals surface area (Å²) in [5.41, 5.74) is 4.52. The summed E-state index contributed by atoms with van der Waals surface area (Å²) in [6, 6.07) is 18.2. The van der Waals surface area contributed by atoms with Crippen LogP contribution in [0.1, 0.15) is 16.7 Å². The maximum atomic E-state index is 13.4. The van der Waals surface area contributed by atoms with Gasteiger partial charge < -0.3 is 4.74 Å². The third kappa shape index (κ3) is 7.66. The van der Waals surface area contributed by atoms with Gasteiger partial charge in [-0.2, -0.15) is 9.41 Å². The Kier molecular flexibility index (Phi) is 9.66. The largest absolute Gasteiger partial charge is 0.490 e. The number of halogens is 2. The van der Waals surface area contributed by atoms with Crippen molar-refractivity contribution in [2.24, 2.45) is 5.10 Å². The van der Waals surface area contributed by atoms with Crippen LogP contribution >= 0.6 is 23.2 Å². The molecule has 0 spiro atoms. The Morgan fingerprint density at radius 3 is 2.42 bits per heavy atom. The van der Waals surface area contributed by atoms with Crippen molar-refractivity contribution in [3.05, 3.63) is 106 Å². The van der Waals surface area contributed by atoms with E-state index in [1.165, 1.54) is 24.4 Å². The molecule has 3 aromatic carbocycles. The molecule has 0 aromatic heterocycles. The topological polar surface area (TPSA) is 88.1 Å². The number of aryl methyl sites for hydroxylation is 1. The van der Waals surface area contributed by atoms with Gasteiger partial charge in [-0.25, -0.2) is 13.8 Å². The first-order valence-electron chi connectivity index (χ1n) is 10.9. The van der Waals surface area contributed by atoms with Crippen LogP contribution in [0, 0.1) is 6.92 Å². The number of carbonyl (C=O) groups excluding carboxylic acids is 1. The van der Waals surface area contributed by atoms with Gasteiger partial charge in [-0.15, -0.1) is 0 Å². The number of hydrogen-bond donors (Lipinski definition) is 1. The predicted molar refractivity (Wildman–Crippen MR) is 143 cm³/mol. The van der Waals surface area contributed by atoms with E-state index in [2.05, 4.69) is 17.1 Å². The van der Waals surface area contributed by atoms with Crippen LogP contribution in [-0.4, -0.2) is 38.0 Å². The minimum atomic E-state index is -4.02. The lowest BCUT2D eigenvalue weighted by Crippen LogP contribution is -2.39. The van der Waals surface area contributed by atoms with Crippen molar-refractivity contribution in [2.45, 2.75) is 18.4 Å². The number of nitrogens with one attached hydrogen (secondary N) is 1. The molecule has 0 fully saturated rings. The zero-order valence-corrected chi connectivity index (χ0v) is 21.9. The minimum Gasteiger partial charge on any atom is -0.490 e. The number of ether oxygens (including phenoxy) is 1. The molecule has 0 unspecified atom stereocenters. The monoisotopic (exact) mass is 545 g/mol. The Labute approximate surface area is 221 Å². The number of benzene rings is 3. The molecule has 1 amide bonds. The maximum absolute atomic E-state index is 13.4. The van der Waals surface area contributed by atoms with E-state index in [0.29, 0.717) is 28.0 Å². The smallest absolute Gasteiger partial charge is 0.255 e. The van der Waals surface area contributed by atoms with E-state index < -0.39 is 22.5 Å². The van der Waals surface area contributed by atoms with Crippen molar-refractivity contribution in [1.29, 1.82) is 0 Å². The zero-order chi connectivity index (χ0) is 26.1. The molecule has 3 rings (SSSR count). The van der Waals surface area contributed by atoms with Gasteiger partial charge >= 0.3 is 0 Å². The number of hydrogen-bond acceptors (Lipinski definition) is 5. The van der Waals surface area contributed by atoms with Crippen LogP contribution in [0.4, 0.5) is 0 Å². The van der Waals surface area contributed by atoms with Crippen LogP contribution in [0.25, 0.3) is 0 Å². The number of rotatable bonds is 11. The quantitative estimate of drug-likeness (QED) is 0.203. The summed E-state index contributed by atoms with van der Waals surface area (Å²) in [4.78, 5) is 12.7. The minimum absolute atomic E-state index is 0.0632. The SMILES string of the molecule is C=CCOc1ccc(/C=N\NC(=O)CN(Cc2ccc(Cl)cc2Cl)S(=O)(=O)c2ccc(C)cc2)cc1. The predicted octanol–water partition coefficient (Wildman–Crippen LogP) is 5.21. The van der Waals surface area contributed by atoms with Crippen molar-refractivity contribution in [2.75, 3.05) is 13.2 Å². The summed E-state index contributed by atoms with van der Waals surface area (Å²) in [7, 11) is -4.02. The molecule has 0 aliphatic rings. The lowest BCUT2D eigenvalue weighted by molar-refractivity contribution is -0.121. The molecule has 0 saturated heterocycles. The van der Waals surface area contributed by atoms with E-state index in [0.717, 1.165) is 15.4 Å². The van der Waals surface area contributed by atoms with Gasteiger partial charge in [0.2, 0.25) is 10.0 Å². The normalized spacial score (nSPS) is 11.6. The molecular weight excluding hydrogens is 521 g/mol. The van der Waals surface area contributed by atoms with Crippen molar-refractivity contribution in [1.82, 2.24) is 9.73 Å². The highest BCUT2D eigenvalue weighted by molar-refractivity contribution is 7.89. The fourth-order valence-corrected chi connectivity index (χ4v) is 4.95. The fourth-order valence-electron chi connectivity index (χ4n) is 3.10. The molecule has 0 saturated carbocycles. The highest BCUT2D eigenvalue weighted by Crippen LogP contribution is 2.25. The van der Waals surface area contributed by atoms with E-state index in [9.17, 15) is 13.2 Å². The first-order chi connectivity index (χ1) is 17.2. The van der Waals surface area contributed by atoms with Crippen molar-refractivity contribution in [3.8, 4) is 5.75 Å². The standard InChI is InChI=1S/C26H25Cl2N3O4S/c1-3-14-35-23-10-6-20(7-11-23)16-29-30-26(32)18-31(17-21-8-9-22(27)15-25(21)28)36(33,34)24-12-4-19(2)5-13-24/h3-13,15-16H,1,14,17-18H2,2H3,(H,30,32)/b29-16-. The van der Waals surface area contributed by atoms with Gasteiger partial charge in [0.15, 0.2) is 0 Å². The van der Waals surface area contributed by atoms with Crippen LogP contribution in [0.2, 0.25) is 10.0 Å². The second-order valence-electron chi connectivity index (χ2n) is 7.78. The highest BCUT2D eigenvalue weighted by atomic mass is 35.5. The first kappa shape index (κ1) is 27.4. The van der Waals surface area contributed by atoms with Crippen LogP contribution in [0.15, 0.2) is 89.4 Å². The van der Waals surface area contributed by atoms with Gasteiger partial charge in [-0.3, -0.25) is 4.79 Å². The molecule has 0 aliphatic heterocycles. The molecule has 7 nitrogen and oxygen atoms in total. The summed E-state index contributed by atoms with van der Waals surface area (Å²) in [6.07, 6.45) is 3.10. The Morgan fingerprint density at radius 1 is 1.08 bits per heavy atom. The van der Waals surface area contributed by atoms with Crippen molar-refractivity contribution in [3.63, 3.8) is 0 Å². The van der Waals surface area contributed by atoms with E-state index in [1.54, 1.807) is 54.6 Å². The average molecular weight is 546 g/mol. The molecule has 188 valence electrons. The summed E-state index contributed by atoms with van der Waals surface area (Å²) in [6.45, 7) is 5.25. The average Bonchev–Trinajstić information content (AvgIpc) is 2.85. The Hall–Kier alpha value is -3.17. The van der Waals surface area contributed by atoms with Gasteiger partial charge in [0, 0.05) is 16.6 Å². The zero-order valence-electron chi connectivity index (χ0n) is 19.5. The molecule has 10 heteroatoms. The Morgan fingerprint density at radius 2 is 1.78 bits per heavy atom. The Balaban J connectivity index is 1.75. The van der Waals surface area contributed by atoms with Crippen molar-refractivity contribution >= 4 is 45.3 Å². The third-order valence-corrected chi connectivity index (χ3v) is 7.38. The van der Waals surface area contributed by atoms with Gasteiger partial charge in [0.1, 0.15) is 12.4 Å². The van der Waals surface area contributed by atoms with Crippen LogP contribution < -0.4 is 10.2 Å². The summed E-state index contributed by atoms with van der Waals surface area (Å²) < 4.78 is 33.2. The van der Waals surface area contributed by atoms with Gasteiger partial charge in [0.25, 0.3) is 5.91 Å². The first-order valence-corrected chi connectivity index (χ1v) is 13.0. The molecule has 0 bridgehead atoms. The maximum Gasteiger partial charge on any atom is 0.255 e.